The Balaban J connectivity index is 1.92. The van der Waals surface area contributed by atoms with Gasteiger partial charge < -0.3 is 26.8 Å². The fraction of sp³-hybridized carbons (Fsp3) is 0.444. The second-order valence-electron chi connectivity index (χ2n) is 6.29. The summed E-state index contributed by atoms with van der Waals surface area (Å²) in [7, 11) is 0. The first-order valence-corrected chi connectivity index (χ1v) is 9.18. The number of hydrogen-bond acceptors (Lipinski definition) is 7. The molecule has 0 saturated heterocycles. The maximum absolute atomic E-state index is 12.3. The number of benzene rings is 1. The van der Waals surface area contributed by atoms with Crippen LogP contribution in [0.5, 0.6) is 0 Å². The van der Waals surface area contributed by atoms with Crippen LogP contribution in [0.25, 0.3) is 0 Å². The summed E-state index contributed by atoms with van der Waals surface area (Å²) in [5.74, 6) is -1.47. The number of ether oxygens (including phenoxy) is 1. The van der Waals surface area contributed by atoms with E-state index in [0.29, 0.717) is 24.2 Å². The Bertz CT molecular complexity index is 805. The Morgan fingerprint density at radius 3 is 2.79 bits per heavy atom. The van der Waals surface area contributed by atoms with Gasteiger partial charge in [-0.05, 0) is 31.5 Å². The van der Waals surface area contributed by atoms with Crippen LogP contribution in [-0.2, 0) is 14.3 Å². The van der Waals surface area contributed by atoms with Crippen LogP contribution in [0.1, 0.15) is 30.1 Å². The molecule has 0 spiro atoms. The monoisotopic (exact) mass is 403 g/mol. The number of azo groups is 1. The number of aliphatic imine (C=N–C) groups is 1. The van der Waals surface area contributed by atoms with Gasteiger partial charge in [0.25, 0.3) is 5.91 Å². The van der Waals surface area contributed by atoms with Crippen molar-refractivity contribution >= 4 is 29.4 Å². The van der Waals surface area contributed by atoms with Crippen LogP contribution < -0.4 is 22.1 Å². The number of guanidine groups is 1. The Labute approximate surface area is 168 Å². The summed E-state index contributed by atoms with van der Waals surface area (Å²) >= 11 is 0. The average molecular weight is 403 g/mol. The standard InChI is InChI=1S/C18H25N7O4/c1-2-29-16(27)9-14(13-6-7-22-25-13)24-15(26)10-21-17(28)11-4-3-5-12(8-11)23-18(19)20/h3-5,8,13-14H,2,6-7,9-10H2,1H3,(H,21,28)(H,24,26)(H4,19,20,23). The normalized spacial score (nSPS) is 16.0. The lowest BCUT2D eigenvalue weighted by Crippen LogP contribution is -2.47. The number of nitrogens with one attached hydrogen (secondary N) is 2. The van der Waals surface area contributed by atoms with Gasteiger partial charge in [-0.1, -0.05) is 6.07 Å². The first-order chi connectivity index (χ1) is 13.9. The van der Waals surface area contributed by atoms with Crippen molar-refractivity contribution in [2.75, 3.05) is 19.7 Å². The fourth-order valence-corrected chi connectivity index (χ4v) is 2.76. The Kier molecular flexibility index (Phi) is 8.07. The third-order valence-electron chi connectivity index (χ3n) is 4.03. The number of nitrogens with two attached hydrogens (primary N) is 2. The van der Waals surface area contributed by atoms with Crippen LogP contribution in [0.2, 0.25) is 0 Å². The first-order valence-electron chi connectivity index (χ1n) is 9.18. The lowest BCUT2D eigenvalue weighted by atomic mass is 10.0. The van der Waals surface area contributed by atoms with Crippen molar-refractivity contribution in [3.63, 3.8) is 0 Å². The number of hydrogen-bond donors (Lipinski definition) is 4. The quantitative estimate of drug-likeness (QED) is 0.256. The van der Waals surface area contributed by atoms with Gasteiger partial charge >= 0.3 is 5.97 Å². The smallest absolute Gasteiger partial charge is 0.307 e. The predicted molar refractivity (Wildman–Crippen MR) is 106 cm³/mol. The largest absolute Gasteiger partial charge is 0.466 e. The van der Waals surface area contributed by atoms with Crippen molar-refractivity contribution in [3.05, 3.63) is 29.8 Å². The van der Waals surface area contributed by atoms with Crippen molar-refractivity contribution in [3.8, 4) is 0 Å². The number of nitrogens with zero attached hydrogens (tertiary/aromatic N) is 3. The molecule has 1 heterocycles. The lowest BCUT2D eigenvalue weighted by Gasteiger charge is -2.21. The highest BCUT2D eigenvalue weighted by Crippen LogP contribution is 2.16. The van der Waals surface area contributed by atoms with Gasteiger partial charge in [-0.25, -0.2) is 4.99 Å². The molecule has 0 fully saturated rings. The van der Waals surface area contributed by atoms with Crippen molar-refractivity contribution in [2.45, 2.75) is 31.8 Å². The van der Waals surface area contributed by atoms with E-state index in [2.05, 4.69) is 25.9 Å². The van der Waals surface area contributed by atoms with E-state index in [-0.39, 0.29) is 31.6 Å². The van der Waals surface area contributed by atoms with Gasteiger partial charge in [-0.3, -0.25) is 14.4 Å². The molecule has 1 aromatic rings. The molecule has 1 aliphatic rings. The molecule has 1 aliphatic heterocycles. The Morgan fingerprint density at radius 1 is 1.34 bits per heavy atom. The molecule has 0 aliphatic carbocycles. The van der Waals surface area contributed by atoms with E-state index >= 15 is 0 Å². The molecule has 156 valence electrons. The molecule has 11 nitrogen and oxygen atoms in total. The summed E-state index contributed by atoms with van der Waals surface area (Å²) in [5, 5.41) is 13.2. The molecule has 0 bridgehead atoms. The lowest BCUT2D eigenvalue weighted by molar-refractivity contribution is -0.143. The summed E-state index contributed by atoms with van der Waals surface area (Å²) in [6.07, 6.45) is 0.617. The van der Waals surface area contributed by atoms with Crippen LogP contribution in [0.4, 0.5) is 5.69 Å². The zero-order chi connectivity index (χ0) is 21.2. The minimum absolute atomic E-state index is 0.0161. The van der Waals surface area contributed by atoms with Crippen LogP contribution in [0, 0.1) is 0 Å². The highest BCUT2D eigenvalue weighted by Gasteiger charge is 2.28. The first kappa shape index (κ1) is 21.8. The van der Waals surface area contributed by atoms with Gasteiger partial charge in [-0.2, -0.15) is 10.2 Å². The molecule has 1 aromatic carbocycles. The van der Waals surface area contributed by atoms with Gasteiger partial charge in [0.2, 0.25) is 5.91 Å². The summed E-state index contributed by atoms with van der Waals surface area (Å²) in [6, 6.07) is 5.48. The topological polar surface area (TPSA) is 174 Å². The number of carbonyl (C=O) groups is 3. The van der Waals surface area contributed by atoms with Crippen molar-refractivity contribution in [1.82, 2.24) is 10.6 Å². The molecule has 2 amide bonds. The molecule has 0 radical (unpaired) electrons. The molecule has 11 heteroatoms. The van der Waals surface area contributed by atoms with Crippen molar-refractivity contribution < 1.29 is 19.1 Å². The third-order valence-corrected chi connectivity index (χ3v) is 4.03. The van der Waals surface area contributed by atoms with Crippen LogP contribution in [0.3, 0.4) is 0 Å². The second kappa shape index (κ2) is 10.7. The van der Waals surface area contributed by atoms with Gasteiger partial charge in [-0.15, -0.1) is 0 Å². The molecule has 6 N–H and O–H groups in total. The Morgan fingerprint density at radius 2 is 2.14 bits per heavy atom. The van der Waals surface area contributed by atoms with E-state index in [9.17, 15) is 14.4 Å². The fourth-order valence-electron chi connectivity index (χ4n) is 2.76. The predicted octanol–water partition coefficient (Wildman–Crippen LogP) is -0.0162. The molecule has 0 saturated carbocycles. The van der Waals surface area contributed by atoms with E-state index in [0.717, 1.165) is 0 Å². The molecular weight excluding hydrogens is 378 g/mol. The van der Waals surface area contributed by atoms with Crippen LogP contribution >= 0.6 is 0 Å². The highest BCUT2D eigenvalue weighted by molar-refractivity contribution is 5.97. The van der Waals surface area contributed by atoms with Gasteiger partial charge in [0.1, 0.15) is 0 Å². The van der Waals surface area contributed by atoms with Crippen LogP contribution in [0.15, 0.2) is 39.5 Å². The van der Waals surface area contributed by atoms with Crippen molar-refractivity contribution in [2.24, 2.45) is 26.7 Å². The SMILES string of the molecule is CCOC(=O)CC(NC(=O)CNC(=O)c1cccc(N=C(N)N)c1)C1CCN=N1. The van der Waals surface area contributed by atoms with Crippen LogP contribution in [-0.4, -0.2) is 55.5 Å². The van der Waals surface area contributed by atoms with Gasteiger partial charge in [0.05, 0.1) is 43.9 Å². The average Bonchev–Trinajstić information content (AvgIpc) is 3.20. The van der Waals surface area contributed by atoms with E-state index in [4.69, 9.17) is 16.2 Å². The number of rotatable bonds is 9. The summed E-state index contributed by atoms with van der Waals surface area (Å²) in [4.78, 5) is 40.3. The number of carbonyl (C=O) groups excluding carboxylic acids is 3. The maximum Gasteiger partial charge on any atom is 0.307 e. The molecular formula is C18H25N7O4. The third kappa shape index (κ3) is 7.20. The summed E-state index contributed by atoms with van der Waals surface area (Å²) in [5.41, 5.74) is 11.4. The molecule has 2 rings (SSSR count). The molecule has 29 heavy (non-hydrogen) atoms. The molecule has 0 aromatic heterocycles. The Hall–Kier alpha value is -3.50. The number of amides is 2. The highest BCUT2D eigenvalue weighted by atomic mass is 16.5. The summed E-state index contributed by atoms with van der Waals surface area (Å²) in [6.45, 7) is 2.23. The van der Waals surface area contributed by atoms with Crippen molar-refractivity contribution in [1.29, 1.82) is 0 Å². The van der Waals surface area contributed by atoms with E-state index < -0.39 is 23.8 Å². The van der Waals surface area contributed by atoms with E-state index in [1.54, 1.807) is 25.1 Å². The second-order valence-corrected chi connectivity index (χ2v) is 6.29. The minimum atomic E-state index is -0.546. The summed E-state index contributed by atoms with van der Waals surface area (Å²) < 4.78 is 4.95. The maximum atomic E-state index is 12.3. The van der Waals surface area contributed by atoms with Gasteiger partial charge in [0, 0.05) is 5.56 Å². The zero-order valence-electron chi connectivity index (χ0n) is 16.1. The van der Waals surface area contributed by atoms with E-state index in [1.807, 2.05) is 0 Å². The molecule has 2 atom stereocenters. The van der Waals surface area contributed by atoms with E-state index in [1.165, 1.54) is 6.07 Å². The zero-order valence-corrected chi connectivity index (χ0v) is 16.1. The van der Waals surface area contributed by atoms with Gasteiger partial charge in [0.15, 0.2) is 5.96 Å². The molecule has 2 unspecified atom stereocenters. The number of esters is 1. The minimum Gasteiger partial charge on any atom is -0.466 e.